The fourth-order valence-electron chi connectivity index (χ4n) is 2.27. The van der Waals surface area contributed by atoms with Gasteiger partial charge in [0, 0.05) is 24.2 Å². The average molecular weight is 270 g/mol. The van der Waals surface area contributed by atoms with Gasteiger partial charge in [-0.3, -0.25) is 0 Å². The SMILES string of the molecule is CCCCC1(Cn2ccnc2)SCCC(C)S1. The van der Waals surface area contributed by atoms with Gasteiger partial charge in [0.1, 0.15) is 0 Å². The van der Waals surface area contributed by atoms with Crippen LogP contribution in [0, 0.1) is 0 Å². The number of imidazole rings is 1. The number of thioether (sulfide) groups is 2. The lowest BCUT2D eigenvalue weighted by Gasteiger charge is -2.39. The first-order valence-corrected chi connectivity index (χ1v) is 8.38. The normalized spacial score (nSPS) is 29.4. The second-order valence-corrected chi connectivity index (χ2v) is 8.37. The molecule has 1 aromatic heterocycles. The van der Waals surface area contributed by atoms with Gasteiger partial charge in [-0.1, -0.05) is 26.7 Å². The van der Waals surface area contributed by atoms with Gasteiger partial charge in [0.25, 0.3) is 0 Å². The first-order valence-electron chi connectivity index (χ1n) is 6.51. The lowest BCUT2D eigenvalue weighted by Crippen LogP contribution is -2.32. The number of nitrogens with zero attached hydrogens (tertiary/aromatic N) is 2. The molecule has 1 saturated heterocycles. The van der Waals surface area contributed by atoms with Gasteiger partial charge in [-0.2, -0.15) is 0 Å². The molecule has 17 heavy (non-hydrogen) atoms. The molecule has 96 valence electrons. The Bertz CT molecular complexity index is 326. The summed E-state index contributed by atoms with van der Waals surface area (Å²) in [6.45, 7) is 5.76. The van der Waals surface area contributed by atoms with Crippen molar-refractivity contribution in [1.29, 1.82) is 0 Å². The highest BCUT2D eigenvalue weighted by Gasteiger charge is 2.36. The van der Waals surface area contributed by atoms with Crippen LogP contribution in [0.15, 0.2) is 18.7 Å². The van der Waals surface area contributed by atoms with E-state index in [2.05, 4.69) is 53.1 Å². The third-order valence-electron chi connectivity index (χ3n) is 3.20. The molecule has 2 rings (SSSR count). The molecule has 2 heterocycles. The van der Waals surface area contributed by atoms with E-state index in [9.17, 15) is 0 Å². The van der Waals surface area contributed by atoms with Gasteiger partial charge in [0.05, 0.1) is 10.4 Å². The van der Waals surface area contributed by atoms with Crippen molar-refractivity contribution in [2.75, 3.05) is 5.75 Å². The van der Waals surface area contributed by atoms with Crippen LogP contribution in [-0.2, 0) is 6.54 Å². The van der Waals surface area contributed by atoms with Crippen molar-refractivity contribution in [3.63, 3.8) is 0 Å². The molecule has 2 atom stereocenters. The summed E-state index contributed by atoms with van der Waals surface area (Å²) in [5, 5.41) is 0.802. The Hall–Kier alpha value is -0.0900. The van der Waals surface area contributed by atoms with Crippen molar-refractivity contribution in [2.45, 2.75) is 55.4 Å². The van der Waals surface area contributed by atoms with Crippen LogP contribution in [0.1, 0.15) is 39.5 Å². The van der Waals surface area contributed by atoms with E-state index in [1.165, 1.54) is 31.4 Å². The Balaban J connectivity index is 2.05. The largest absolute Gasteiger partial charge is 0.335 e. The summed E-state index contributed by atoms with van der Waals surface area (Å²) >= 11 is 4.35. The minimum atomic E-state index is 0.383. The molecule has 0 aromatic carbocycles. The quantitative estimate of drug-likeness (QED) is 0.804. The molecule has 0 amide bonds. The zero-order valence-corrected chi connectivity index (χ0v) is 12.4. The van der Waals surface area contributed by atoms with Crippen molar-refractivity contribution in [3.05, 3.63) is 18.7 Å². The zero-order valence-electron chi connectivity index (χ0n) is 10.8. The van der Waals surface area contributed by atoms with Crippen LogP contribution in [0.5, 0.6) is 0 Å². The Morgan fingerprint density at radius 1 is 1.53 bits per heavy atom. The maximum Gasteiger partial charge on any atom is 0.0946 e. The number of rotatable bonds is 5. The molecule has 2 nitrogen and oxygen atoms in total. The second-order valence-electron chi connectivity index (χ2n) is 4.81. The predicted octanol–water partition coefficient (Wildman–Crippen LogP) is 4.03. The van der Waals surface area contributed by atoms with Crippen LogP contribution in [0.4, 0.5) is 0 Å². The molecule has 0 bridgehead atoms. The highest BCUT2D eigenvalue weighted by Crippen LogP contribution is 2.49. The second kappa shape index (κ2) is 6.19. The minimum absolute atomic E-state index is 0.383. The van der Waals surface area contributed by atoms with E-state index >= 15 is 0 Å². The Kier molecular flexibility index (Phi) is 4.86. The first kappa shape index (κ1) is 13.3. The van der Waals surface area contributed by atoms with Crippen molar-refractivity contribution in [1.82, 2.24) is 9.55 Å². The van der Waals surface area contributed by atoms with Gasteiger partial charge in [-0.15, -0.1) is 23.5 Å². The van der Waals surface area contributed by atoms with E-state index in [0.717, 1.165) is 11.8 Å². The van der Waals surface area contributed by atoms with Gasteiger partial charge >= 0.3 is 0 Å². The maximum atomic E-state index is 4.16. The lowest BCUT2D eigenvalue weighted by molar-refractivity contribution is 0.558. The molecule has 0 N–H and O–H groups in total. The molecule has 1 fully saturated rings. The zero-order chi connectivity index (χ0) is 12.1. The van der Waals surface area contributed by atoms with Gasteiger partial charge in [0.15, 0.2) is 0 Å². The van der Waals surface area contributed by atoms with E-state index in [4.69, 9.17) is 0 Å². The molecule has 0 radical (unpaired) electrons. The van der Waals surface area contributed by atoms with Crippen LogP contribution < -0.4 is 0 Å². The summed E-state index contributed by atoms with van der Waals surface area (Å²) < 4.78 is 2.63. The van der Waals surface area contributed by atoms with Gasteiger partial charge in [-0.25, -0.2) is 4.98 Å². The number of unbranched alkanes of at least 4 members (excludes halogenated alkanes) is 1. The Labute approximate surface area is 113 Å². The van der Waals surface area contributed by atoms with Crippen molar-refractivity contribution in [3.8, 4) is 0 Å². The Morgan fingerprint density at radius 2 is 2.41 bits per heavy atom. The summed E-state index contributed by atoms with van der Waals surface area (Å²) in [6.07, 6.45) is 11.2. The number of hydrogen-bond donors (Lipinski definition) is 0. The highest BCUT2D eigenvalue weighted by molar-refractivity contribution is 8.19. The fourth-order valence-corrected chi connectivity index (χ4v) is 6.26. The molecule has 1 aromatic rings. The van der Waals surface area contributed by atoms with Gasteiger partial charge in [-0.05, 0) is 18.6 Å². The monoisotopic (exact) mass is 270 g/mol. The summed E-state index contributed by atoms with van der Waals surface area (Å²) in [6, 6.07) is 0. The van der Waals surface area contributed by atoms with E-state index in [1.54, 1.807) is 0 Å². The van der Waals surface area contributed by atoms with Crippen molar-refractivity contribution < 1.29 is 0 Å². The van der Waals surface area contributed by atoms with E-state index < -0.39 is 0 Å². The minimum Gasteiger partial charge on any atom is -0.335 e. The molecule has 1 aliphatic rings. The molecular formula is C13H22N2S2. The molecule has 4 heteroatoms. The topological polar surface area (TPSA) is 17.8 Å². The summed E-state index contributed by atoms with van der Waals surface area (Å²) in [5.41, 5.74) is 0. The molecule has 2 unspecified atom stereocenters. The van der Waals surface area contributed by atoms with Crippen LogP contribution in [-0.4, -0.2) is 24.6 Å². The third kappa shape index (κ3) is 3.68. The maximum absolute atomic E-state index is 4.16. The average Bonchev–Trinajstić information content (AvgIpc) is 2.79. The smallest absolute Gasteiger partial charge is 0.0946 e. The predicted molar refractivity (Wildman–Crippen MR) is 78.6 cm³/mol. The van der Waals surface area contributed by atoms with Gasteiger partial charge in [0.2, 0.25) is 0 Å². The van der Waals surface area contributed by atoms with E-state index in [-0.39, 0.29) is 0 Å². The lowest BCUT2D eigenvalue weighted by atomic mass is 10.2. The first-order chi connectivity index (χ1) is 8.24. The molecule has 0 aliphatic carbocycles. The molecule has 0 spiro atoms. The molecule has 1 aliphatic heterocycles. The van der Waals surface area contributed by atoms with Crippen molar-refractivity contribution >= 4 is 23.5 Å². The van der Waals surface area contributed by atoms with Crippen LogP contribution in [0.2, 0.25) is 0 Å². The van der Waals surface area contributed by atoms with E-state index in [0.29, 0.717) is 4.08 Å². The summed E-state index contributed by atoms with van der Waals surface area (Å²) in [7, 11) is 0. The van der Waals surface area contributed by atoms with E-state index in [1.807, 2.05) is 12.5 Å². The third-order valence-corrected chi connectivity index (χ3v) is 6.54. The van der Waals surface area contributed by atoms with Gasteiger partial charge < -0.3 is 4.57 Å². The van der Waals surface area contributed by atoms with Crippen LogP contribution in [0.3, 0.4) is 0 Å². The number of hydrogen-bond acceptors (Lipinski definition) is 3. The summed E-state index contributed by atoms with van der Waals surface area (Å²) in [5.74, 6) is 1.31. The standard InChI is InChI=1S/C13H22N2S2/c1-3-4-6-13(10-15-8-7-14-11-15)16-9-5-12(2)17-13/h7-8,11-12H,3-6,9-10H2,1-2H3. The summed E-state index contributed by atoms with van der Waals surface area (Å²) in [4.78, 5) is 4.16. The van der Waals surface area contributed by atoms with Crippen LogP contribution >= 0.6 is 23.5 Å². The Morgan fingerprint density at radius 3 is 3.06 bits per heavy atom. The fraction of sp³-hybridized carbons (Fsp3) is 0.769. The molecule has 0 saturated carbocycles. The molecular weight excluding hydrogens is 248 g/mol. The number of aromatic nitrogens is 2. The van der Waals surface area contributed by atoms with Crippen LogP contribution in [0.25, 0.3) is 0 Å². The van der Waals surface area contributed by atoms with Crippen molar-refractivity contribution in [2.24, 2.45) is 0 Å². The highest BCUT2D eigenvalue weighted by atomic mass is 32.2.